The Morgan fingerprint density at radius 1 is 1.17 bits per heavy atom. The Kier molecular flexibility index (Phi) is 7.80. The van der Waals surface area contributed by atoms with Gasteiger partial charge in [-0.3, -0.25) is 14.5 Å². The Labute approximate surface area is 205 Å². The van der Waals surface area contributed by atoms with Crippen LogP contribution in [0.15, 0.2) is 41.3 Å². The molecule has 0 radical (unpaired) electrons. The molecule has 0 atom stereocenters. The van der Waals surface area contributed by atoms with Gasteiger partial charge in [0.05, 0.1) is 17.6 Å². The molecule has 0 aliphatic carbocycles. The summed E-state index contributed by atoms with van der Waals surface area (Å²) < 4.78 is 7.70. The number of hydrogen-bond donors (Lipinski definition) is 1. The molecule has 1 fully saturated rings. The molecule has 30 heavy (non-hydrogen) atoms. The molecule has 2 aromatic rings. The Morgan fingerprint density at radius 2 is 1.80 bits per heavy atom. The van der Waals surface area contributed by atoms with E-state index < -0.39 is 5.97 Å². The first-order valence-electron chi connectivity index (χ1n) is 8.99. The molecule has 6 nitrogen and oxygen atoms in total. The lowest BCUT2D eigenvalue weighted by molar-refractivity contribution is -0.122. The summed E-state index contributed by atoms with van der Waals surface area (Å²) >= 11 is 5.32. The lowest BCUT2D eigenvalue weighted by atomic mass is 10.1. The topological polar surface area (TPSA) is 83.9 Å². The number of thioether (sulfide) groups is 1. The van der Waals surface area contributed by atoms with Crippen LogP contribution < -0.4 is 4.74 Å². The van der Waals surface area contributed by atoms with E-state index in [1.807, 2.05) is 19.1 Å². The van der Waals surface area contributed by atoms with Crippen molar-refractivity contribution in [2.75, 3.05) is 6.54 Å². The van der Waals surface area contributed by atoms with E-state index in [-0.39, 0.29) is 16.7 Å². The van der Waals surface area contributed by atoms with Gasteiger partial charge in [-0.2, -0.15) is 0 Å². The van der Waals surface area contributed by atoms with Crippen molar-refractivity contribution >= 4 is 80.1 Å². The van der Waals surface area contributed by atoms with Gasteiger partial charge in [0.25, 0.3) is 11.1 Å². The molecule has 2 amide bonds. The van der Waals surface area contributed by atoms with Gasteiger partial charge >= 0.3 is 5.97 Å². The third-order valence-corrected chi connectivity index (χ3v) is 6.73. The van der Waals surface area contributed by atoms with Crippen LogP contribution in [0.5, 0.6) is 5.75 Å². The van der Waals surface area contributed by atoms with Gasteiger partial charge < -0.3 is 9.84 Å². The van der Waals surface area contributed by atoms with Crippen molar-refractivity contribution in [2.24, 2.45) is 0 Å². The molecule has 1 heterocycles. The van der Waals surface area contributed by atoms with Crippen LogP contribution in [0.4, 0.5) is 4.79 Å². The van der Waals surface area contributed by atoms with E-state index in [2.05, 4.69) is 45.2 Å². The molecule has 0 unspecified atom stereocenters. The van der Waals surface area contributed by atoms with Crippen molar-refractivity contribution < 1.29 is 24.2 Å². The molecule has 1 N–H and O–H groups in total. The van der Waals surface area contributed by atoms with E-state index >= 15 is 0 Å². The highest BCUT2D eigenvalue weighted by Crippen LogP contribution is 2.35. The molecular weight excluding hydrogens is 632 g/mol. The molecule has 156 valence electrons. The zero-order chi connectivity index (χ0) is 21.8. The maximum absolute atomic E-state index is 12.4. The lowest BCUT2D eigenvalue weighted by Crippen LogP contribution is -2.28. The average molecular weight is 649 g/mol. The minimum Gasteiger partial charge on any atom is -0.487 e. The summed E-state index contributed by atoms with van der Waals surface area (Å²) in [7, 11) is 0. The number of hydrogen-bond acceptors (Lipinski definition) is 5. The molecular formula is C21H17I2NO5S. The minimum atomic E-state index is -0.963. The highest BCUT2D eigenvalue weighted by Gasteiger charge is 2.34. The van der Waals surface area contributed by atoms with Gasteiger partial charge in [0.15, 0.2) is 0 Å². The van der Waals surface area contributed by atoms with Crippen LogP contribution in [0.2, 0.25) is 0 Å². The van der Waals surface area contributed by atoms with Gasteiger partial charge in [-0.15, -0.1) is 0 Å². The highest BCUT2D eigenvalue weighted by molar-refractivity contribution is 14.1. The quantitative estimate of drug-likeness (QED) is 0.310. The van der Waals surface area contributed by atoms with Crippen molar-refractivity contribution in [3.8, 4) is 5.75 Å². The highest BCUT2D eigenvalue weighted by atomic mass is 127. The summed E-state index contributed by atoms with van der Waals surface area (Å²) in [6.45, 7) is 2.66. The summed E-state index contributed by atoms with van der Waals surface area (Å²) in [5.41, 5.74) is 1.92. The predicted octanol–water partition coefficient (Wildman–Crippen LogP) is 5.62. The number of rotatable bonds is 7. The van der Waals surface area contributed by atoms with Crippen molar-refractivity contribution in [3.05, 3.63) is 65.1 Å². The summed E-state index contributed by atoms with van der Waals surface area (Å²) in [4.78, 5) is 37.1. The van der Waals surface area contributed by atoms with Crippen LogP contribution in [-0.4, -0.2) is 33.7 Å². The number of imide groups is 1. The third kappa shape index (κ3) is 5.35. The molecule has 1 aliphatic heterocycles. The van der Waals surface area contributed by atoms with Gasteiger partial charge in [0.1, 0.15) is 12.4 Å². The monoisotopic (exact) mass is 649 g/mol. The second-order valence-corrected chi connectivity index (χ2v) is 9.76. The standard InChI is InChI=1S/C21H17I2NO5S/c1-2-7-24-19(25)17(30-21(24)28)10-13-8-15(22)18(16(23)9-13)29-11-12-3-5-14(6-4-12)20(26)27/h3-6,8-10H,2,7,11H2,1H3,(H,26,27)/b17-10+. The van der Waals surface area contributed by atoms with Gasteiger partial charge in [-0.05, 0) is 105 Å². The van der Waals surface area contributed by atoms with Crippen LogP contribution in [0.25, 0.3) is 6.08 Å². The van der Waals surface area contributed by atoms with Crippen LogP contribution in [0.3, 0.4) is 0 Å². The Hall–Kier alpha value is -1.60. The maximum atomic E-state index is 12.4. The first-order valence-corrected chi connectivity index (χ1v) is 12.0. The first kappa shape index (κ1) is 23.1. The van der Waals surface area contributed by atoms with Crippen LogP contribution in [0.1, 0.15) is 34.8 Å². The largest absolute Gasteiger partial charge is 0.487 e. The van der Waals surface area contributed by atoms with Crippen LogP contribution in [-0.2, 0) is 11.4 Å². The minimum absolute atomic E-state index is 0.230. The zero-order valence-corrected chi connectivity index (χ0v) is 21.0. The molecule has 0 spiro atoms. The number of amides is 2. The van der Waals surface area contributed by atoms with Gasteiger partial charge in [-0.25, -0.2) is 4.79 Å². The van der Waals surface area contributed by atoms with Crippen LogP contribution in [0, 0.1) is 7.14 Å². The SMILES string of the molecule is CCCN1C(=O)S/C(=C/c2cc(I)c(OCc3ccc(C(=O)O)cc3)c(I)c2)C1=O. The Bertz CT molecular complexity index is 1010. The number of ether oxygens (including phenoxy) is 1. The van der Waals surface area contributed by atoms with Crippen molar-refractivity contribution in [1.82, 2.24) is 4.90 Å². The lowest BCUT2D eigenvalue weighted by Gasteiger charge is -2.12. The number of carboxylic acid groups (broad SMARTS) is 1. The number of carboxylic acids is 1. The molecule has 0 bridgehead atoms. The molecule has 1 saturated heterocycles. The number of halogens is 2. The smallest absolute Gasteiger partial charge is 0.335 e. The summed E-state index contributed by atoms with van der Waals surface area (Å²) in [6.07, 6.45) is 2.46. The number of aromatic carboxylic acids is 1. The number of carbonyl (C=O) groups is 3. The first-order chi connectivity index (χ1) is 14.3. The normalized spacial score (nSPS) is 15.2. The van der Waals surface area contributed by atoms with E-state index in [0.717, 1.165) is 42.2 Å². The van der Waals surface area contributed by atoms with E-state index in [1.54, 1.807) is 30.3 Å². The fraction of sp³-hybridized carbons (Fsp3) is 0.190. The Morgan fingerprint density at radius 3 is 2.37 bits per heavy atom. The fourth-order valence-corrected chi connectivity index (χ4v) is 5.76. The number of nitrogens with zero attached hydrogens (tertiary/aromatic N) is 1. The van der Waals surface area contributed by atoms with Crippen molar-refractivity contribution in [3.63, 3.8) is 0 Å². The molecule has 0 saturated carbocycles. The summed E-state index contributed by atoms with van der Waals surface area (Å²) in [5, 5.41) is 8.74. The van der Waals surface area contributed by atoms with E-state index in [9.17, 15) is 14.4 Å². The molecule has 0 aromatic heterocycles. The number of benzene rings is 2. The second kappa shape index (κ2) is 10.1. The molecule has 1 aliphatic rings. The van der Waals surface area contributed by atoms with Crippen molar-refractivity contribution in [2.45, 2.75) is 20.0 Å². The summed E-state index contributed by atoms with van der Waals surface area (Å²) in [6, 6.07) is 10.4. The predicted molar refractivity (Wildman–Crippen MR) is 133 cm³/mol. The third-order valence-electron chi connectivity index (χ3n) is 4.22. The zero-order valence-electron chi connectivity index (χ0n) is 15.9. The average Bonchev–Trinajstić information content (AvgIpc) is 2.95. The van der Waals surface area contributed by atoms with Gasteiger partial charge in [0, 0.05) is 6.54 Å². The molecule has 2 aromatic carbocycles. The fourth-order valence-electron chi connectivity index (χ4n) is 2.77. The Balaban J connectivity index is 1.75. The molecule has 9 heteroatoms. The van der Waals surface area contributed by atoms with E-state index in [4.69, 9.17) is 9.84 Å². The molecule has 3 rings (SSSR count). The number of carbonyl (C=O) groups excluding carboxylic acids is 2. The van der Waals surface area contributed by atoms with Crippen molar-refractivity contribution in [1.29, 1.82) is 0 Å². The maximum Gasteiger partial charge on any atom is 0.335 e. The van der Waals surface area contributed by atoms with E-state index in [0.29, 0.717) is 18.1 Å². The van der Waals surface area contributed by atoms with Crippen LogP contribution >= 0.6 is 56.9 Å². The summed E-state index contributed by atoms with van der Waals surface area (Å²) in [5.74, 6) is -0.494. The second-order valence-electron chi connectivity index (χ2n) is 6.44. The van der Waals surface area contributed by atoms with E-state index in [1.165, 1.54) is 4.90 Å². The van der Waals surface area contributed by atoms with Gasteiger partial charge in [-0.1, -0.05) is 19.1 Å². The van der Waals surface area contributed by atoms with Gasteiger partial charge in [0.2, 0.25) is 0 Å².